The fourth-order valence-corrected chi connectivity index (χ4v) is 1.91. The van der Waals surface area contributed by atoms with Gasteiger partial charge in [-0.25, -0.2) is 0 Å². The van der Waals surface area contributed by atoms with Crippen molar-refractivity contribution in [1.82, 2.24) is 4.98 Å². The molecular formula is C15H15NO. The van der Waals surface area contributed by atoms with Gasteiger partial charge in [0.05, 0.1) is 5.41 Å². The molecule has 17 heavy (non-hydrogen) atoms. The standard InChI is InChI=1S/C15H15NO/c1-15(12-17,13-7-3-2-4-8-13)11-14-9-5-6-10-16-14/h2-10,12H,11H2,1H3. The normalized spacial score (nSPS) is 13.9. The second kappa shape index (κ2) is 4.91. The number of carbonyl (C=O) groups is 1. The molecule has 1 unspecified atom stereocenters. The van der Waals surface area contributed by atoms with Crippen LogP contribution >= 0.6 is 0 Å². The van der Waals surface area contributed by atoms with Crippen LogP contribution in [0.4, 0.5) is 0 Å². The van der Waals surface area contributed by atoms with Crippen molar-refractivity contribution >= 4 is 6.29 Å². The van der Waals surface area contributed by atoms with E-state index in [1.54, 1.807) is 6.20 Å². The van der Waals surface area contributed by atoms with Crippen LogP contribution in [0.15, 0.2) is 54.7 Å². The topological polar surface area (TPSA) is 30.0 Å². The highest BCUT2D eigenvalue weighted by Crippen LogP contribution is 2.25. The Hall–Kier alpha value is -1.96. The first-order chi connectivity index (χ1) is 8.24. The van der Waals surface area contributed by atoms with Crippen LogP contribution in [0.3, 0.4) is 0 Å². The summed E-state index contributed by atoms with van der Waals surface area (Å²) in [4.78, 5) is 15.7. The van der Waals surface area contributed by atoms with E-state index in [-0.39, 0.29) is 0 Å². The fraction of sp³-hybridized carbons (Fsp3) is 0.200. The largest absolute Gasteiger partial charge is 0.302 e. The van der Waals surface area contributed by atoms with E-state index in [4.69, 9.17) is 0 Å². The number of hydrogen-bond donors (Lipinski definition) is 0. The molecule has 2 rings (SSSR count). The minimum atomic E-state index is -0.504. The summed E-state index contributed by atoms with van der Waals surface area (Å²) < 4.78 is 0. The van der Waals surface area contributed by atoms with E-state index in [0.717, 1.165) is 17.5 Å². The number of rotatable bonds is 4. The second-order valence-electron chi connectivity index (χ2n) is 4.40. The summed E-state index contributed by atoms with van der Waals surface area (Å²) in [6, 6.07) is 15.6. The van der Waals surface area contributed by atoms with Gasteiger partial charge in [-0.3, -0.25) is 4.98 Å². The SMILES string of the molecule is CC(C=O)(Cc1ccccn1)c1ccccc1. The number of aldehydes is 1. The highest BCUT2D eigenvalue weighted by atomic mass is 16.1. The number of aromatic nitrogens is 1. The summed E-state index contributed by atoms with van der Waals surface area (Å²) in [6.45, 7) is 1.95. The zero-order chi connectivity index (χ0) is 12.1. The molecule has 1 aromatic carbocycles. The second-order valence-corrected chi connectivity index (χ2v) is 4.40. The van der Waals surface area contributed by atoms with Gasteiger partial charge in [-0.15, -0.1) is 0 Å². The quantitative estimate of drug-likeness (QED) is 0.749. The third-order valence-electron chi connectivity index (χ3n) is 2.97. The van der Waals surface area contributed by atoms with Crippen molar-refractivity contribution in [3.05, 3.63) is 66.0 Å². The molecule has 0 amide bonds. The van der Waals surface area contributed by atoms with Crippen LogP contribution in [0.2, 0.25) is 0 Å². The van der Waals surface area contributed by atoms with Crippen molar-refractivity contribution in [2.24, 2.45) is 0 Å². The van der Waals surface area contributed by atoms with Crippen LogP contribution in [-0.2, 0) is 16.6 Å². The van der Waals surface area contributed by atoms with Crippen LogP contribution in [0.5, 0.6) is 0 Å². The van der Waals surface area contributed by atoms with E-state index in [1.807, 2.05) is 55.5 Å². The Bertz CT molecular complexity index is 481. The number of nitrogens with zero attached hydrogens (tertiary/aromatic N) is 1. The summed E-state index contributed by atoms with van der Waals surface area (Å²) in [7, 11) is 0. The van der Waals surface area contributed by atoms with Gasteiger partial charge in [-0.05, 0) is 24.6 Å². The maximum Gasteiger partial charge on any atom is 0.130 e. The van der Waals surface area contributed by atoms with E-state index in [9.17, 15) is 4.79 Å². The Morgan fingerprint density at radius 2 is 1.82 bits per heavy atom. The van der Waals surface area contributed by atoms with Gasteiger partial charge in [0.25, 0.3) is 0 Å². The Balaban J connectivity index is 2.30. The predicted octanol–water partition coefficient (Wildman–Crippen LogP) is 2.78. The zero-order valence-corrected chi connectivity index (χ0v) is 9.84. The third kappa shape index (κ3) is 2.59. The Kier molecular flexibility index (Phi) is 3.33. The first kappa shape index (κ1) is 11.5. The highest BCUT2D eigenvalue weighted by Gasteiger charge is 2.26. The number of hydrogen-bond acceptors (Lipinski definition) is 2. The molecule has 1 aromatic heterocycles. The van der Waals surface area contributed by atoms with Crippen LogP contribution in [0.1, 0.15) is 18.2 Å². The summed E-state index contributed by atoms with van der Waals surface area (Å²) in [5.41, 5.74) is 1.46. The molecule has 0 saturated heterocycles. The average Bonchev–Trinajstić information content (AvgIpc) is 2.41. The maximum atomic E-state index is 11.4. The van der Waals surface area contributed by atoms with Gasteiger partial charge >= 0.3 is 0 Å². The lowest BCUT2D eigenvalue weighted by Crippen LogP contribution is -2.27. The van der Waals surface area contributed by atoms with Gasteiger partial charge in [0, 0.05) is 18.3 Å². The lowest BCUT2D eigenvalue weighted by Gasteiger charge is -2.23. The van der Waals surface area contributed by atoms with E-state index in [0.29, 0.717) is 6.42 Å². The molecule has 0 aliphatic carbocycles. The molecule has 0 saturated carbocycles. The Morgan fingerprint density at radius 3 is 2.41 bits per heavy atom. The highest BCUT2D eigenvalue weighted by molar-refractivity contribution is 5.68. The van der Waals surface area contributed by atoms with Crippen molar-refractivity contribution in [3.8, 4) is 0 Å². The van der Waals surface area contributed by atoms with Gasteiger partial charge in [-0.1, -0.05) is 36.4 Å². The molecule has 0 bridgehead atoms. The summed E-state index contributed by atoms with van der Waals surface area (Å²) in [5, 5.41) is 0. The smallest absolute Gasteiger partial charge is 0.130 e. The van der Waals surface area contributed by atoms with Crippen LogP contribution in [-0.4, -0.2) is 11.3 Å². The molecule has 0 fully saturated rings. The molecule has 0 radical (unpaired) electrons. The van der Waals surface area contributed by atoms with Crippen molar-refractivity contribution in [2.45, 2.75) is 18.8 Å². The molecule has 2 nitrogen and oxygen atoms in total. The van der Waals surface area contributed by atoms with Gasteiger partial charge in [-0.2, -0.15) is 0 Å². The minimum Gasteiger partial charge on any atom is -0.302 e. The van der Waals surface area contributed by atoms with Crippen molar-refractivity contribution in [1.29, 1.82) is 0 Å². The van der Waals surface area contributed by atoms with Crippen LogP contribution in [0, 0.1) is 0 Å². The molecule has 0 spiro atoms. The maximum absolute atomic E-state index is 11.4. The van der Waals surface area contributed by atoms with Crippen molar-refractivity contribution in [3.63, 3.8) is 0 Å². The van der Waals surface area contributed by atoms with Gasteiger partial charge in [0.1, 0.15) is 6.29 Å². The van der Waals surface area contributed by atoms with Crippen LogP contribution < -0.4 is 0 Å². The van der Waals surface area contributed by atoms with Gasteiger partial charge in [0.15, 0.2) is 0 Å². The van der Waals surface area contributed by atoms with Crippen molar-refractivity contribution < 1.29 is 4.79 Å². The first-order valence-electron chi connectivity index (χ1n) is 5.66. The molecule has 0 N–H and O–H groups in total. The predicted molar refractivity (Wildman–Crippen MR) is 67.8 cm³/mol. The Morgan fingerprint density at radius 1 is 1.12 bits per heavy atom. The molecule has 2 heteroatoms. The molecule has 86 valence electrons. The van der Waals surface area contributed by atoms with Crippen LogP contribution in [0.25, 0.3) is 0 Å². The molecule has 0 aliphatic rings. The summed E-state index contributed by atoms with van der Waals surface area (Å²) in [5.74, 6) is 0. The number of carbonyl (C=O) groups excluding carboxylic acids is 1. The van der Waals surface area contributed by atoms with Crippen molar-refractivity contribution in [2.75, 3.05) is 0 Å². The molecule has 1 atom stereocenters. The molecule has 2 aromatic rings. The molecule has 1 heterocycles. The van der Waals surface area contributed by atoms with Gasteiger partial charge < -0.3 is 4.79 Å². The fourth-order valence-electron chi connectivity index (χ4n) is 1.91. The van der Waals surface area contributed by atoms with E-state index < -0.39 is 5.41 Å². The monoisotopic (exact) mass is 225 g/mol. The third-order valence-corrected chi connectivity index (χ3v) is 2.97. The average molecular weight is 225 g/mol. The lowest BCUT2D eigenvalue weighted by molar-refractivity contribution is -0.112. The lowest BCUT2D eigenvalue weighted by atomic mass is 9.80. The number of benzene rings is 1. The Labute approximate surface area is 101 Å². The first-order valence-corrected chi connectivity index (χ1v) is 5.66. The molecule has 0 aliphatic heterocycles. The molecular weight excluding hydrogens is 210 g/mol. The zero-order valence-electron chi connectivity index (χ0n) is 9.84. The summed E-state index contributed by atoms with van der Waals surface area (Å²) >= 11 is 0. The minimum absolute atomic E-state index is 0.504. The van der Waals surface area contributed by atoms with Gasteiger partial charge in [0.2, 0.25) is 0 Å². The van der Waals surface area contributed by atoms with E-state index in [2.05, 4.69) is 4.98 Å². The number of pyridine rings is 1. The summed E-state index contributed by atoms with van der Waals surface area (Å²) in [6.07, 6.45) is 3.39. The van der Waals surface area contributed by atoms with E-state index >= 15 is 0 Å². The van der Waals surface area contributed by atoms with E-state index in [1.165, 1.54) is 0 Å².